The van der Waals surface area contributed by atoms with E-state index >= 15 is 0 Å². The number of benzene rings is 3. The Hall–Kier alpha value is -4.36. The largest absolute Gasteiger partial charge is 0.483 e. The van der Waals surface area contributed by atoms with Crippen molar-refractivity contribution in [2.45, 2.75) is 0 Å². The summed E-state index contributed by atoms with van der Waals surface area (Å²) in [6, 6.07) is 30.6. The second-order valence-corrected chi connectivity index (χ2v) is 6.74. The van der Waals surface area contributed by atoms with Gasteiger partial charge in [-0.1, -0.05) is 66.6 Å². The number of pyridine rings is 1. The quantitative estimate of drug-likeness (QED) is 0.467. The summed E-state index contributed by atoms with van der Waals surface area (Å²) in [7, 11) is 0. The van der Waals surface area contributed by atoms with E-state index in [0.29, 0.717) is 17.1 Å². The maximum absolute atomic E-state index is 12.4. The number of anilines is 1. The van der Waals surface area contributed by atoms with Gasteiger partial charge in [0, 0.05) is 23.0 Å². The highest BCUT2D eigenvalue weighted by Crippen LogP contribution is 2.29. The first kappa shape index (κ1) is 19.9. The minimum Gasteiger partial charge on any atom is -0.483 e. The van der Waals surface area contributed by atoms with Crippen LogP contribution in [0.1, 0.15) is 11.3 Å². The molecule has 1 heterocycles. The standard InChI is InChI=1S/C27H20N2O2/c30-27(20-31-26-15-5-4-14-25(26)22-10-2-1-3-11-22)29-24-13-8-9-21(19-24)16-17-23-12-6-7-18-28-23/h1-15,18-19H,20H2,(H,29,30). The lowest BCUT2D eigenvalue weighted by Crippen LogP contribution is -2.20. The van der Waals surface area contributed by atoms with Crippen molar-refractivity contribution < 1.29 is 9.53 Å². The summed E-state index contributed by atoms with van der Waals surface area (Å²) in [6.45, 7) is -0.0896. The highest BCUT2D eigenvalue weighted by molar-refractivity contribution is 5.92. The average Bonchev–Trinajstić information content (AvgIpc) is 2.83. The molecule has 0 aliphatic carbocycles. The van der Waals surface area contributed by atoms with Gasteiger partial charge in [-0.25, -0.2) is 4.98 Å². The zero-order valence-electron chi connectivity index (χ0n) is 16.8. The SMILES string of the molecule is O=C(COc1ccccc1-c1ccccc1)Nc1cccc(C#Cc2ccccn2)c1. The molecule has 4 aromatic rings. The van der Waals surface area contributed by atoms with E-state index in [-0.39, 0.29) is 12.5 Å². The summed E-state index contributed by atoms with van der Waals surface area (Å²) in [5.41, 5.74) is 4.14. The van der Waals surface area contributed by atoms with Gasteiger partial charge >= 0.3 is 0 Å². The van der Waals surface area contributed by atoms with E-state index in [2.05, 4.69) is 22.1 Å². The number of nitrogens with one attached hydrogen (secondary N) is 1. The number of hydrogen-bond donors (Lipinski definition) is 1. The van der Waals surface area contributed by atoms with Crippen molar-refractivity contribution in [3.05, 3.63) is 115 Å². The summed E-state index contributed by atoms with van der Waals surface area (Å²) in [5.74, 6) is 6.50. The predicted molar refractivity (Wildman–Crippen MR) is 123 cm³/mol. The van der Waals surface area contributed by atoms with Crippen molar-refractivity contribution in [3.8, 4) is 28.7 Å². The highest BCUT2D eigenvalue weighted by Gasteiger charge is 2.08. The molecule has 1 N–H and O–H groups in total. The Labute approximate surface area is 181 Å². The van der Waals surface area contributed by atoms with Crippen LogP contribution < -0.4 is 10.1 Å². The lowest BCUT2D eigenvalue weighted by Gasteiger charge is -2.12. The van der Waals surface area contributed by atoms with E-state index in [1.54, 1.807) is 6.20 Å². The van der Waals surface area contributed by atoms with E-state index in [4.69, 9.17) is 4.74 Å². The van der Waals surface area contributed by atoms with Crippen molar-refractivity contribution in [3.63, 3.8) is 0 Å². The molecule has 0 atom stereocenters. The number of ether oxygens (including phenoxy) is 1. The molecule has 0 unspecified atom stereocenters. The number of rotatable bonds is 5. The van der Waals surface area contributed by atoms with Crippen molar-refractivity contribution >= 4 is 11.6 Å². The lowest BCUT2D eigenvalue weighted by molar-refractivity contribution is -0.118. The Kier molecular flexibility index (Phi) is 6.37. The molecule has 0 aliphatic heterocycles. The lowest BCUT2D eigenvalue weighted by atomic mass is 10.1. The first-order valence-electron chi connectivity index (χ1n) is 9.88. The molecule has 4 heteroatoms. The topological polar surface area (TPSA) is 51.2 Å². The average molecular weight is 404 g/mol. The molecule has 31 heavy (non-hydrogen) atoms. The van der Waals surface area contributed by atoms with Gasteiger partial charge in [-0.15, -0.1) is 0 Å². The van der Waals surface area contributed by atoms with Crippen molar-refractivity contribution in [2.75, 3.05) is 11.9 Å². The monoisotopic (exact) mass is 404 g/mol. The van der Waals surface area contributed by atoms with Crippen LogP contribution in [-0.2, 0) is 4.79 Å². The van der Waals surface area contributed by atoms with E-state index in [0.717, 1.165) is 16.7 Å². The van der Waals surface area contributed by atoms with Crippen LogP contribution >= 0.6 is 0 Å². The van der Waals surface area contributed by atoms with Crippen LogP contribution in [0.15, 0.2) is 103 Å². The third kappa shape index (κ3) is 5.59. The molecule has 0 saturated carbocycles. The zero-order chi connectivity index (χ0) is 21.3. The molecule has 150 valence electrons. The molecule has 0 saturated heterocycles. The Morgan fingerprint density at radius 1 is 0.839 bits per heavy atom. The Morgan fingerprint density at radius 3 is 2.48 bits per heavy atom. The number of para-hydroxylation sites is 1. The van der Waals surface area contributed by atoms with Crippen LogP contribution in [-0.4, -0.2) is 17.5 Å². The minimum atomic E-state index is -0.238. The molecule has 4 nitrogen and oxygen atoms in total. The van der Waals surface area contributed by atoms with Gasteiger partial charge in [0.2, 0.25) is 0 Å². The molecular formula is C27H20N2O2. The summed E-state index contributed by atoms with van der Waals surface area (Å²) >= 11 is 0. The summed E-state index contributed by atoms with van der Waals surface area (Å²) in [5, 5.41) is 2.86. The number of hydrogen-bond acceptors (Lipinski definition) is 3. The molecule has 0 aliphatic rings. The zero-order valence-corrected chi connectivity index (χ0v) is 16.8. The number of carbonyl (C=O) groups excluding carboxylic acids is 1. The van der Waals surface area contributed by atoms with Gasteiger partial charge in [0.25, 0.3) is 5.91 Å². The minimum absolute atomic E-state index is 0.0896. The smallest absolute Gasteiger partial charge is 0.262 e. The second-order valence-electron chi connectivity index (χ2n) is 6.74. The van der Waals surface area contributed by atoms with Crippen molar-refractivity contribution in [2.24, 2.45) is 0 Å². The fourth-order valence-electron chi connectivity index (χ4n) is 3.04. The number of nitrogens with zero attached hydrogens (tertiary/aromatic N) is 1. The van der Waals surface area contributed by atoms with Gasteiger partial charge in [0.05, 0.1) is 0 Å². The second kappa shape index (κ2) is 9.91. The molecular weight excluding hydrogens is 384 g/mol. The van der Waals surface area contributed by atoms with Crippen LogP contribution in [0, 0.1) is 11.8 Å². The van der Waals surface area contributed by atoms with E-state index < -0.39 is 0 Å². The van der Waals surface area contributed by atoms with Crippen LogP contribution in [0.25, 0.3) is 11.1 Å². The first-order valence-corrected chi connectivity index (χ1v) is 9.88. The number of amides is 1. The number of aromatic nitrogens is 1. The van der Waals surface area contributed by atoms with Crippen LogP contribution in [0.3, 0.4) is 0 Å². The molecule has 0 fully saturated rings. The fourth-order valence-corrected chi connectivity index (χ4v) is 3.04. The van der Waals surface area contributed by atoms with E-state index in [1.807, 2.05) is 97.1 Å². The van der Waals surface area contributed by atoms with E-state index in [9.17, 15) is 4.79 Å². The predicted octanol–water partition coefficient (Wildman–Crippen LogP) is 5.17. The molecule has 3 aromatic carbocycles. The number of carbonyl (C=O) groups is 1. The summed E-state index contributed by atoms with van der Waals surface area (Å²) in [6.07, 6.45) is 1.70. The molecule has 1 aromatic heterocycles. The Bertz CT molecular complexity index is 1230. The van der Waals surface area contributed by atoms with Crippen LogP contribution in [0.2, 0.25) is 0 Å². The summed E-state index contributed by atoms with van der Waals surface area (Å²) < 4.78 is 5.81. The van der Waals surface area contributed by atoms with Crippen molar-refractivity contribution in [1.29, 1.82) is 0 Å². The summed E-state index contributed by atoms with van der Waals surface area (Å²) in [4.78, 5) is 16.6. The van der Waals surface area contributed by atoms with Gasteiger partial charge in [-0.05, 0) is 47.9 Å². The van der Waals surface area contributed by atoms with Crippen LogP contribution in [0.5, 0.6) is 5.75 Å². The molecule has 0 spiro atoms. The highest BCUT2D eigenvalue weighted by atomic mass is 16.5. The van der Waals surface area contributed by atoms with Gasteiger partial charge in [0.15, 0.2) is 6.61 Å². The molecule has 0 bridgehead atoms. The maximum Gasteiger partial charge on any atom is 0.262 e. The molecule has 4 rings (SSSR count). The third-order valence-electron chi connectivity index (χ3n) is 4.48. The normalized spacial score (nSPS) is 9.94. The van der Waals surface area contributed by atoms with Gasteiger partial charge in [-0.2, -0.15) is 0 Å². The Balaban J connectivity index is 1.40. The van der Waals surface area contributed by atoms with Crippen LogP contribution in [0.4, 0.5) is 5.69 Å². The van der Waals surface area contributed by atoms with E-state index in [1.165, 1.54) is 0 Å². The Morgan fingerprint density at radius 2 is 1.65 bits per heavy atom. The fraction of sp³-hybridized carbons (Fsp3) is 0.0370. The van der Waals surface area contributed by atoms with Crippen molar-refractivity contribution in [1.82, 2.24) is 4.98 Å². The first-order chi connectivity index (χ1) is 15.3. The molecule has 1 amide bonds. The molecule has 0 radical (unpaired) electrons. The van der Waals surface area contributed by atoms with Gasteiger partial charge in [-0.3, -0.25) is 4.79 Å². The van der Waals surface area contributed by atoms with Gasteiger partial charge < -0.3 is 10.1 Å². The van der Waals surface area contributed by atoms with Gasteiger partial charge in [0.1, 0.15) is 11.4 Å². The maximum atomic E-state index is 12.4. The third-order valence-corrected chi connectivity index (χ3v) is 4.48.